The highest BCUT2D eigenvalue weighted by Crippen LogP contribution is 2.24. The molecule has 0 amide bonds. The van der Waals surface area contributed by atoms with Gasteiger partial charge < -0.3 is 19.2 Å². The van der Waals surface area contributed by atoms with Crippen LogP contribution in [0.2, 0.25) is 0 Å². The molecule has 0 saturated heterocycles. The van der Waals surface area contributed by atoms with Crippen molar-refractivity contribution >= 4 is 11.8 Å². The van der Waals surface area contributed by atoms with E-state index in [-0.39, 0.29) is 0 Å². The van der Waals surface area contributed by atoms with E-state index in [0.717, 1.165) is 34.3 Å². The highest BCUT2D eigenvalue weighted by molar-refractivity contribution is 7.97. The molecule has 0 spiro atoms. The van der Waals surface area contributed by atoms with Gasteiger partial charge in [-0.25, -0.2) is 0 Å². The molecule has 0 aliphatic rings. The predicted molar refractivity (Wildman–Crippen MR) is 86.0 cm³/mol. The second-order valence-corrected chi connectivity index (χ2v) is 5.45. The zero-order valence-electron chi connectivity index (χ0n) is 12.6. The SMILES string of the molecule is COc1ccc(CNCc2ccc(CSC)o2)c(OC)c1. The van der Waals surface area contributed by atoms with Crippen LogP contribution in [0.1, 0.15) is 17.1 Å². The van der Waals surface area contributed by atoms with Crippen molar-refractivity contribution in [1.29, 1.82) is 0 Å². The van der Waals surface area contributed by atoms with Crippen molar-refractivity contribution in [3.63, 3.8) is 0 Å². The van der Waals surface area contributed by atoms with E-state index < -0.39 is 0 Å². The molecule has 114 valence electrons. The first-order valence-electron chi connectivity index (χ1n) is 6.75. The average molecular weight is 307 g/mol. The summed E-state index contributed by atoms with van der Waals surface area (Å²) in [6, 6.07) is 9.88. The molecule has 0 aliphatic carbocycles. The summed E-state index contributed by atoms with van der Waals surface area (Å²) in [5, 5.41) is 3.36. The number of rotatable bonds is 8. The molecule has 1 aromatic carbocycles. The number of hydrogen-bond acceptors (Lipinski definition) is 5. The maximum atomic E-state index is 5.72. The van der Waals surface area contributed by atoms with Crippen LogP contribution in [0.3, 0.4) is 0 Å². The Morgan fingerprint density at radius 1 is 1.05 bits per heavy atom. The number of hydrogen-bond donors (Lipinski definition) is 1. The van der Waals surface area contributed by atoms with E-state index in [0.29, 0.717) is 13.1 Å². The largest absolute Gasteiger partial charge is 0.497 e. The summed E-state index contributed by atoms with van der Waals surface area (Å²) >= 11 is 1.75. The lowest BCUT2D eigenvalue weighted by Crippen LogP contribution is -2.13. The van der Waals surface area contributed by atoms with E-state index in [2.05, 4.69) is 11.6 Å². The van der Waals surface area contributed by atoms with Gasteiger partial charge in [-0.1, -0.05) is 6.07 Å². The average Bonchev–Trinajstić information content (AvgIpc) is 2.95. The molecule has 0 unspecified atom stereocenters. The minimum absolute atomic E-state index is 0.698. The molecular weight excluding hydrogens is 286 g/mol. The molecule has 2 aromatic rings. The van der Waals surface area contributed by atoms with Crippen molar-refractivity contribution in [2.75, 3.05) is 20.5 Å². The van der Waals surface area contributed by atoms with Gasteiger partial charge in [0, 0.05) is 18.2 Å². The van der Waals surface area contributed by atoms with Gasteiger partial charge >= 0.3 is 0 Å². The van der Waals surface area contributed by atoms with Crippen LogP contribution in [-0.4, -0.2) is 20.5 Å². The van der Waals surface area contributed by atoms with Crippen molar-refractivity contribution in [1.82, 2.24) is 5.32 Å². The number of methoxy groups -OCH3 is 2. The summed E-state index contributed by atoms with van der Waals surface area (Å²) in [5.74, 6) is 4.49. The molecule has 0 aliphatic heterocycles. The van der Waals surface area contributed by atoms with Gasteiger partial charge in [-0.05, 0) is 24.5 Å². The molecule has 0 bridgehead atoms. The first-order valence-corrected chi connectivity index (χ1v) is 8.14. The molecule has 21 heavy (non-hydrogen) atoms. The van der Waals surface area contributed by atoms with Crippen molar-refractivity contribution in [3.8, 4) is 11.5 Å². The van der Waals surface area contributed by atoms with Gasteiger partial charge in [-0.2, -0.15) is 11.8 Å². The number of benzene rings is 1. The maximum Gasteiger partial charge on any atom is 0.127 e. The molecule has 2 rings (SSSR count). The van der Waals surface area contributed by atoms with Gasteiger partial charge in [-0.15, -0.1) is 0 Å². The highest BCUT2D eigenvalue weighted by Gasteiger charge is 2.06. The molecule has 1 N–H and O–H groups in total. The fraction of sp³-hybridized carbons (Fsp3) is 0.375. The molecule has 1 heterocycles. The summed E-state index contributed by atoms with van der Waals surface area (Å²) in [7, 11) is 3.31. The number of nitrogens with one attached hydrogen (secondary N) is 1. The van der Waals surface area contributed by atoms with Crippen molar-refractivity contribution in [2.45, 2.75) is 18.8 Å². The monoisotopic (exact) mass is 307 g/mol. The van der Waals surface area contributed by atoms with Gasteiger partial charge in [0.15, 0.2) is 0 Å². The Hall–Kier alpha value is -1.59. The number of thioether (sulfide) groups is 1. The Balaban J connectivity index is 1.90. The summed E-state index contributed by atoms with van der Waals surface area (Å²) < 4.78 is 16.3. The molecular formula is C16H21NO3S. The van der Waals surface area contributed by atoms with Crippen LogP contribution in [-0.2, 0) is 18.8 Å². The topological polar surface area (TPSA) is 43.6 Å². The van der Waals surface area contributed by atoms with E-state index in [1.165, 1.54) is 0 Å². The first kappa shape index (κ1) is 15.8. The standard InChI is InChI=1S/C16H21NO3S/c1-18-13-5-4-12(16(8-13)19-2)9-17-10-14-6-7-15(20-14)11-21-3/h4-8,17H,9-11H2,1-3H3. The maximum absolute atomic E-state index is 5.72. The molecule has 4 nitrogen and oxygen atoms in total. The molecule has 1 aromatic heterocycles. The lowest BCUT2D eigenvalue weighted by Gasteiger charge is -2.10. The Morgan fingerprint density at radius 2 is 1.86 bits per heavy atom. The van der Waals surface area contributed by atoms with Crippen LogP contribution in [0.25, 0.3) is 0 Å². The lowest BCUT2D eigenvalue weighted by atomic mass is 10.2. The van der Waals surface area contributed by atoms with Crippen LogP contribution in [0.5, 0.6) is 11.5 Å². The van der Waals surface area contributed by atoms with Gasteiger partial charge in [0.05, 0.1) is 26.5 Å². The van der Waals surface area contributed by atoms with Gasteiger partial charge in [-0.3, -0.25) is 0 Å². The Kier molecular flexibility index (Phi) is 6.02. The molecule has 0 saturated carbocycles. The fourth-order valence-electron chi connectivity index (χ4n) is 2.06. The van der Waals surface area contributed by atoms with Gasteiger partial charge in [0.1, 0.15) is 23.0 Å². The first-order chi connectivity index (χ1) is 10.3. The Labute approximate surface area is 129 Å². The Bertz CT molecular complexity index is 568. The summed E-state index contributed by atoms with van der Waals surface area (Å²) in [6.07, 6.45) is 2.07. The predicted octanol–water partition coefficient (Wildman–Crippen LogP) is 3.45. The third-order valence-corrected chi connectivity index (χ3v) is 3.69. The quantitative estimate of drug-likeness (QED) is 0.809. The third-order valence-electron chi connectivity index (χ3n) is 3.11. The van der Waals surface area contributed by atoms with E-state index in [1.807, 2.05) is 30.3 Å². The zero-order chi connectivity index (χ0) is 15.1. The normalized spacial score (nSPS) is 10.6. The molecule has 0 fully saturated rings. The number of furan rings is 1. The number of ether oxygens (including phenoxy) is 2. The molecule has 5 heteroatoms. The van der Waals surface area contributed by atoms with Crippen LogP contribution >= 0.6 is 11.8 Å². The van der Waals surface area contributed by atoms with Crippen molar-refractivity contribution in [2.24, 2.45) is 0 Å². The van der Waals surface area contributed by atoms with E-state index in [4.69, 9.17) is 13.9 Å². The van der Waals surface area contributed by atoms with Crippen molar-refractivity contribution < 1.29 is 13.9 Å². The van der Waals surface area contributed by atoms with E-state index in [9.17, 15) is 0 Å². The summed E-state index contributed by atoms with van der Waals surface area (Å²) in [5.41, 5.74) is 1.09. The molecule has 0 radical (unpaired) electrons. The van der Waals surface area contributed by atoms with Gasteiger partial charge in [0.2, 0.25) is 0 Å². The van der Waals surface area contributed by atoms with Crippen LogP contribution in [0.4, 0.5) is 0 Å². The van der Waals surface area contributed by atoms with Crippen LogP contribution in [0.15, 0.2) is 34.7 Å². The van der Waals surface area contributed by atoms with Crippen LogP contribution in [0, 0.1) is 0 Å². The lowest BCUT2D eigenvalue weighted by molar-refractivity contribution is 0.389. The third kappa shape index (κ3) is 4.44. The second-order valence-electron chi connectivity index (χ2n) is 4.58. The summed E-state index contributed by atoms with van der Waals surface area (Å²) in [4.78, 5) is 0. The van der Waals surface area contributed by atoms with E-state index >= 15 is 0 Å². The minimum Gasteiger partial charge on any atom is -0.497 e. The van der Waals surface area contributed by atoms with Crippen LogP contribution < -0.4 is 14.8 Å². The minimum atomic E-state index is 0.698. The summed E-state index contributed by atoms with van der Waals surface area (Å²) in [6.45, 7) is 1.41. The zero-order valence-corrected chi connectivity index (χ0v) is 13.5. The fourth-order valence-corrected chi connectivity index (χ4v) is 2.50. The Morgan fingerprint density at radius 3 is 2.57 bits per heavy atom. The van der Waals surface area contributed by atoms with E-state index in [1.54, 1.807) is 26.0 Å². The highest BCUT2D eigenvalue weighted by atomic mass is 32.2. The molecule has 0 atom stereocenters. The second kappa shape index (κ2) is 8.00. The van der Waals surface area contributed by atoms with Crippen molar-refractivity contribution in [3.05, 3.63) is 47.4 Å². The van der Waals surface area contributed by atoms with Gasteiger partial charge in [0.25, 0.3) is 0 Å². The smallest absolute Gasteiger partial charge is 0.127 e.